The fourth-order valence-electron chi connectivity index (χ4n) is 3.58. The topological polar surface area (TPSA) is 57.8 Å². The summed E-state index contributed by atoms with van der Waals surface area (Å²) in [6.07, 6.45) is 4.52. The number of carbonyl (C=O) groups excluding carboxylic acids is 1. The number of hydrogen-bond donors (Lipinski definition) is 2. The van der Waals surface area contributed by atoms with Crippen molar-refractivity contribution in [3.8, 4) is 11.8 Å². The molecule has 2 N–H and O–H groups in total. The molecule has 1 saturated carbocycles. The van der Waals surface area contributed by atoms with Gasteiger partial charge in [0.15, 0.2) is 0 Å². The molecule has 5 heteroatoms. The van der Waals surface area contributed by atoms with Crippen molar-refractivity contribution in [2.24, 2.45) is 0 Å². The number of benzene rings is 2. The molecule has 30 heavy (non-hydrogen) atoms. The van der Waals surface area contributed by atoms with E-state index in [1.165, 1.54) is 5.56 Å². The number of hydrogen-bond acceptors (Lipinski definition) is 2. The van der Waals surface area contributed by atoms with Crippen molar-refractivity contribution in [3.05, 3.63) is 100 Å². The van der Waals surface area contributed by atoms with Gasteiger partial charge in [-0.2, -0.15) is 0 Å². The minimum absolute atomic E-state index is 0.103. The van der Waals surface area contributed by atoms with Crippen LogP contribution >= 0.6 is 11.6 Å². The molecule has 2 aromatic heterocycles. The number of pyridine rings is 1. The molecule has 2 aromatic carbocycles. The van der Waals surface area contributed by atoms with Crippen molar-refractivity contribution in [2.75, 3.05) is 0 Å². The van der Waals surface area contributed by atoms with Gasteiger partial charge >= 0.3 is 0 Å². The smallest absolute Gasteiger partial charge is 0.251 e. The van der Waals surface area contributed by atoms with Gasteiger partial charge in [-0.25, -0.2) is 4.98 Å². The zero-order valence-corrected chi connectivity index (χ0v) is 16.8. The Morgan fingerprint density at radius 2 is 1.97 bits per heavy atom. The van der Waals surface area contributed by atoms with Gasteiger partial charge in [0.05, 0.1) is 5.02 Å². The summed E-state index contributed by atoms with van der Waals surface area (Å²) in [6.45, 7) is 0. The molecule has 0 bridgehead atoms. The lowest BCUT2D eigenvalue weighted by Gasteiger charge is -2.06. The Kier molecular flexibility index (Phi) is 4.74. The van der Waals surface area contributed by atoms with E-state index >= 15 is 0 Å². The zero-order chi connectivity index (χ0) is 20.5. The van der Waals surface area contributed by atoms with E-state index in [1.54, 1.807) is 24.4 Å². The third-order valence-corrected chi connectivity index (χ3v) is 5.63. The summed E-state index contributed by atoms with van der Waals surface area (Å²) in [5.41, 5.74) is 4.05. The molecule has 2 heterocycles. The second-order valence-electron chi connectivity index (χ2n) is 7.42. The van der Waals surface area contributed by atoms with Gasteiger partial charge in [-0.05, 0) is 42.3 Å². The largest absolute Gasteiger partial charge is 0.349 e. The number of amides is 1. The van der Waals surface area contributed by atoms with Crippen molar-refractivity contribution in [1.82, 2.24) is 15.3 Å². The van der Waals surface area contributed by atoms with E-state index in [2.05, 4.69) is 39.3 Å². The van der Waals surface area contributed by atoms with Gasteiger partial charge in [0, 0.05) is 46.4 Å². The molecule has 1 aliphatic carbocycles. The molecule has 2 unspecified atom stereocenters. The van der Waals surface area contributed by atoms with Crippen LogP contribution in [-0.2, 0) is 0 Å². The van der Waals surface area contributed by atoms with E-state index in [0.717, 1.165) is 23.0 Å². The Balaban J connectivity index is 1.32. The maximum atomic E-state index is 12.7. The molecule has 1 aliphatic rings. The summed E-state index contributed by atoms with van der Waals surface area (Å²) in [4.78, 5) is 20.1. The van der Waals surface area contributed by atoms with E-state index in [-0.39, 0.29) is 11.9 Å². The molecule has 0 spiro atoms. The van der Waals surface area contributed by atoms with Gasteiger partial charge in [-0.3, -0.25) is 4.79 Å². The van der Waals surface area contributed by atoms with Crippen LogP contribution in [0.1, 0.15) is 39.4 Å². The summed E-state index contributed by atoms with van der Waals surface area (Å²) in [5.74, 6) is 6.45. The van der Waals surface area contributed by atoms with Crippen molar-refractivity contribution < 1.29 is 4.79 Å². The highest BCUT2D eigenvalue weighted by Crippen LogP contribution is 2.40. The van der Waals surface area contributed by atoms with Crippen molar-refractivity contribution in [3.63, 3.8) is 0 Å². The lowest BCUT2D eigenvalue weighted by atomic mass is 10.1. The number of halogens is 1. The molecule has 0 radical (unpaired) electrons. The molecule has 5 rings (SSSR count). The lowest BCUT2D eigenvalue weighted by molar-refractivity contribution is 0.0950. The normalized spacial score (nSPS) is 17.2. The van der Waals surface area contributed by atoms with Gasteiger partial charge in [-0.1, -0.05) is 53.8 Å². The van der Waals surface area contributed by atoms with E-state index in [1.807, 2.05) is 36.5 Å². The highest BCUT2D eigenvalue weighted by atomic mass is 35.5. The molecule has 2 atom stereocenters. The maximum absolute atomic E-state index is 12.7. The van der Waals surface area contributed by atoms with Crippen LogP contribution in [0.5, 0.6) is 0 Å². The Hall–Kier alpha value is -3.55. The van der Waals surface area contributed by atoms with Crippen LogP contribution in [0, 0.1) is 11.8 Å². The predicted octanol–water partition coefficient (Wildman–Crippen LogP) is 4.90. The van der Waals surface area contributed by atoms with E-state index in [4.69, 9.17) is 11.6 Å². The molecule has 4 nitrogen and oxygen atoms in total. The van der Waals surface area contributed by atoms with Gasteiger partial charge in [0.1, 0.15) is 5.65 Å². The Bertz CT molecular complexity index is 1300. The number of H-pyrrole nitrogens is 1. The third kappa shape index (κ3) is 3.80. The number of aromatic nitrogens is 2. The molecule has 1 amide bonds. The van der Waals surface area contributed by atoms with Crippen LogP contribution in [0.4, 0.5) is 0 Å². The average molecular weight is 412 g/mol. The monoisotopic (exact) mass is 411 g/mol. The van der Waals surface area contributed by atoms with Crippen LogP contribution in [0.2, 0.25) is 5.02 Å². The summed E-state index contributed by atoms with van der Waals surface area (Å²) < 4.78 is 0. The van der Waals surface area contributed by atoms with Crippen molar-refractivity contribution >= 4 is 28.5 Å². The van der Waals surface area contributed by atoms with Gasteiger partial charge in [0.2, 0.25) is 0 Å². The predicted molar refractivity (Wildman–Crippen MR) is 119 cm³/mol. The number of rotatable bonds is 3. The fourth-order valence-corrected chi connectivity index (χ4v) is 3.75. The first-order valence-electron chi connectivity index (χ1n) is 9.78. The highest BCUT2D eigenvalue weighted by molar-refractivity contribution is 6.31. The molecule has 4 aromatic rings. The average Bonchev–Trinajstić information content (AvgIpc) is 3.38. The molecular weight excluding hydrogens is 394 g/mol. The molecule has 0 aliphatic heterocycles. The molecule has 1 fully saturated rings. The SMILES string of the molecule is O=C(NC1CC1c1ccccc1)c1ccc(Cl)c(C#Cc2cnc3[nH]ccc3c2)c1. The molecule has 146 valence electrons. The Morgan fingerprint density at radius 1 is 1.10 bits per heavy atom. The van der Waals surface area contributed by atoms with Crippen molar-refractivity contribution in [1.29, 1.82) is 0 Å². The van der Waals surface area contributed by atoms with Crippen LogP contribution in [0.15, 0.2) is 73.1 Å². The number of nitrogens with one attached hydrogen (secondary N) is 2. The van der Waals surface area contributed by atoms with E-state index < -0.39 is 0 Å². The minimum atomic E-state index is -0.103. The summed E-state index contributed by atoms with van der Waals surface area (Å²) in [7, 11) is 0. The fraction of sp³-hybridized carbons (Fsp3) is 0.120. The maximum Gasteiger partial charge on any atom is 0.251 e. The van der Waals surface area contributed by atoms with E-state index in [9.17, 15) is 4.79 Å². The Labute approximate surface area is 179 Å². The second kappa shape index (κ2) is 7.70. The second-order valence-corrected chi connectivity index (χ2v) is 7.82. The first kappa shape index (κ1) is 18.5. The summed E-state index contributed by atoms with van der Waals surface area (Å²) in [5, 5.41) is 4.63. The minimum Gasteiger partial charge on any atom is -0.349 e. The van der Waals surface area contributed by atoms with Crippen LogP contribution in [0.25, 0.3) is 11.0 Å². The van der Waals surface area contributed by atoms with Crippen molar-refractivity contribution in [2.45, 2.75) is 18.4 Å². The Morgan fingerprint density at radius 3 is 2.83 bits per heavy atom. The molecule has 0 saturated heterocycles. The van der Waals surface area contributed by atoms with Crippen LogP contribution in [-0.4, -0.2) is 21.9 Å². The summed E-state index contributed by atoms with van der Waals surface area (Å²) in [6, 6.07) is 19.5. The molecular formula is C25H18ClN3O. The van der Waals surface area contributed by atoms with Gasteiger partial charge < -0.3 is 10.3 Å². The number of aromatic amines is 1. The van der Waals surface area contributed by atoms with Gasteiger partial charge in [-0.15, -0.1) is 0 Å². The number of carbonyl (C=O) groups is 1. The quantitative estimate of drug-likeness (QED) is 0.471. The first-order chi connectivity index (χ1) is 14.7. The third-order valence-electron chi connectivity index (χ3n) is 5.30. The summed E-state index contributed by atoms with van der Waals surface area (Å²) >= 11 is 6.31. The number of nitrogens with zero attached hydrogens (tertiary/aromatic N) is 1. The van der Waals surface area contributed by atoms with E-state index in [0.29, 0.717) is 22.1 Å². The highest BCUT2D eigenvalue weighted by Gasteiger charge is 2.39. The first-order valence-corrected chi connectivity index (χ1v) is 10.2. The van der Waals surface area contributed by atoms with Gasteiger partial charge in [0.25, 0.3) is 5.91 Å². The standard InChI is InChI=1S/C25H18ClN3O/c26-22-9-8-20(25(30)29-23-14-21(23)17-4-2-1-3-5-17)13-18(22)7-6-16-12-19-10-11-27-24(19)28-15-16/h1-5,8-13,15,21,23H,14H2,(H,27,28)(H,29,30). The van der Waals surface area contributed by atoms with Crippen LogP contribution < -0.4 is 5.32 Å². The zero-order valence-electron chi connectivity index (χ0n) is 16.0. The lowest BCUT2D eigenvalue weighted by Crippen LogP contribution is -2.26. The number of fused-ring (bicyclic) bond motifs is 1. The van der Waals surface area contributed by atoms with Crippen LogP contribution in [0.3, 0.4) is 0 Å².